The number of rotatable bonds is 6. The molecule has 3 aromatic rings. The SMILES string of the molecule is C=C(NC1=NC(c2ccccc2)Nc2ncccc21)c1cc(F)cc(P)c1CCCN.CCl. The van der Waals surface area contributed by atoms with Gasteiger partial charge in [0.15, 0.2) is 0 Å². The highest BCUT2D eigenvalue weighted by atomic mass is 35.5. The second-order valence-corrected chi connectivity index (χ2v) is 7.97. The number of hydrogen-bond donors (Lipinski definition) is 3. The smallest absolute Gasteiger partial charge is 0.148 e. The molecule has 4 N–H and O–H groups in total. The molecule has 2 heterocycles. The lowest BCUT2D eigenvalue weighted by molar-refractivity contribution is 0.627. The Hall–Kier alpha value is -2.79. The van der Waals surface area contributed by atoms with Gasteiger partial charge in [-0.2, -0.15) is 0 Å². The van der Waals surface area contributed by atoms with E-state index in [1.165, 1.54) is 18.5 Å². The van der Waals surface area contributed by atoms with Crippen LogP contribution in [0.1, 0.15) is 34.8 Å². The van der Waals surface area contributed by atoms with Crippen molar-refractivity contribution in [2.24, 2.45) is 10.7 Å². The summed E-state index contributed by atoms with van der Waals surface area (Å²) < 4.78 is 14.2. The first-order valence-electron chi connectivity index (χ1n) is 10.5. The first-order chi connectivity index (χ1) is 16.1. The molecule has 0 fully saturated rings. The van der Waals surface area contributed by atoms with Gasteiger partial charge in [-0.1, -0.05) is 36.9 Å². The van der Waals surface area contributed by atoms with E-state index in [9.17, 15) is 4.39 Å². The number of alkyl halides is 1. The summed E-state index contributed by atoms with van der Waals surface area (Å²) in [7, 11) is 2.61. The van der Waals surface area contributed by atoms with Crippen LogP contribution in [0.25, 0.3) is 5.70 Å². The van der Waals surface area contributed by atoms with E-state index in [0.29, 0.717) is 18.1 Å². The van der Waals surface area contributed by atoms with Crippen LogP contribution in [0.2, 0.25) is 0 Å². The number of pyridine rings is 1. The minimum absolute atomic E-state index is 0.291. The molecule has 1 aliphatic heterocycles. The van der Waals surface area contributed by atoms with Crippen LogP contribution in [0.3, 0.4) is 0 Å². The number of benzene rings is 2. The molecule has 2 unspecified atom stereocenters. The molecule has 1 aliphatic rings. The molecule has 172 valence electrons. The topological polar surface area (TPSA) is 75.3 Å². The molecule has 2 atom stereocenters. The maximum atomic E-state index is 14.2. The minimum atomic E-state index is -0.309. The van der Waals surface area contributed by atoms with Gasteiger partial charge in [0.1, 0.15) is 23.6 Å². The van der Waals surface area contributed by atoms with Crippen molar-refractivity contribution in [1.82, 2.24) is 10.3 Å². The normalized spacial score (nSPS) is 14.2. The van der Waals surface area contributed by atoms with Crippen LogP contribution in [0, 0.1) is 5.82 Å². The number of fused-ring (bicyclic) bond motifs is 1. The van der Waals surface area contributed by atoms with E-state index in [-0.39, 0.29) is 12.0 Å². The summed E-state index contributed by atoms with van der Waals surface area (Å²) in [6.45, 7) is 4.77. The first-order valence-corrected chi connectivity index (χ1v) is 11.9. The lowest BCUT2D eigenvalue weighted by atomic mass is 10.00. The zero-order chi connectivity index (χ0) is 23.8. The number of aliphatic imine (C=N–C) groups is 1. The van der Waals surface area contributed by atoms with Gasteiger partial charge in [-0.15, -0.1) is 20.8 Å². The molecule has 0 saturated carbocycles. The van der Waals surface area contributed by atoms with Crippen molar-refractivity contribution in [3.8, 4) is 0 Å². The molecule has 4 rings (SSSR count). The van der Waals surface area contributed by atoms with Gasteiger partial charge in [0.05, 0.1) is 5.56 Å². The quantitative estimate of drug-likeness (QED) is 0.354. The van der Waals surface area contributed by atoms with Gasteiger partial charge in [0.25, 0.3) is 0 Å². The third kappa shape index (κ3) is 5.97. The predicted molar refractivity (Wildman–Crippen MR) is 141 cm³/mol. The average molecular weight is 484 g/mol. The van der Waals surface area contributed by atoms with Crippen molar-refractivity contribution in [3.05, 3.63) is 95.4 Å². The fourth-order valence-corrected chi connectivity index (χ4v) is 4.12. The Morgan fingerprint density at radius 1 is 1.21 bits per heavy atom. The number of anilines is 1. The monoisotopic (exact) mass is 483 g/mol. The van der Waals surface area contributed by atoms with Crippen molar-refractivity contribution in [2.45, 2.75) is 19.0 Å². The van der Waals surface area contributed by atoms with E-state index in [0.717, 1.165) is 46.2 Å². The minimum Gasteiger partial charge on any atom is -0.344 e. The zero-order valence-corrected chi connectivity index (χ0v) is 20.4. The molecule has 0 aliphatic carbocycles. The van der Waals surface area contributed by atoms with Crippen LogP contribution in [-0.4, -0.2) is 23.7 Å². The summed E-state index contributed by atoms with van der Waals surface area (Å²) in [5, 5.41) is 7.51. The largest absolute Gasteiger partial charge is 0.344 e. The van der Waals surface area contributed by atoms with E-state index < -0.39 is 0 Å². The van der Waals surface area contributed by atoms with Crippen molar-refractivity contribution < 1.29 is 4.39 Å². The Morgan fingerprint density at radius 3 is 2.70 bits per heavy atom. The standard InChI is InChI=1S/C24H25FN5P.CH3Cl/c1-15(20-13-17(25)14-21(31)18(20)9-5-11-26)28-24-19-10-6-12-27-23(19)29-22(30-24)16-7-3-2-4-8-16;1-2/h2-4,6-8,10,12-14,22H,1,5,9,11,26,31H2,(H,27,29)(H,28,30);1H3. The van der Waals surface area contributed by atoms with Crippen LogP contribution < -0.4 is 21.7 Å². The summed E-state index contributed by atoms with van der Waals surface area (Å²) >= 11 is 4.64. The zero-order valence-electron chi connectivity index (χ0n) is 18.5. The fourth-order valence-electron chi connectivity index (χ4n) is 3.66. The van der Waals surface area contributed by atoms with Crippen LogP contribution in [0.5, 0.6) is 0 Å². The highest BCUT2D eigenvalue weighted by Crippen LogP contribution is 2.29. The average Bonchev–Trinajstić information content (AvgIpc) is 2.84. The number of nitrogens with one attached hydrogen (secondary N) is 2. The first kappa shape index (κ1) is 24.8. The summed E-state index contributed by atoms with van der Waals surface area (Å²) in [6, 6.07) is 16.8. The number of nitrogens with zero attached hydrogens (tertiary/aromatic N) is 2. The molecular formula is C25H28ClFN5P. The second-order valence-electron chi connectivity index (χ2n) is 7.35. The van der Waals surface area contributed by atoms with Gasteiger partial charge in [-0.3, -0.25) is 0 Å². The molecule has 0 amide bonds. The van der Waals surface area contributed by atoms with Crippen molar-refractivity contribution in [1.29, 1.82) is 0 Å². The molecule has 5 nitrogen and oxygen atoms in total. The van der Waals surface area contributed by atoms with E-state index in [4.69, 9.17) is 10.7 Å². The molecule has 33 heavy (non-hydrogen) atoms. The maximum absolute atomic E-state index is 14.2. The Bertz CT molecular complexity index is 1140. The number of hydrogen-bond acceptors (Lipinski definition) is 5. The molecule has 0 spiro atoms. The van der Waals surface area contributed by atoms with Crippen molar-refractivity contribution in [3.63, 3.8) is 0 Å². The number of halogens is 2. The van der Waals surface area contributed by atoms with Gasteiger partial charge < -0.3 is 16.4 Å². The number of amidine groups is 1. The molecule has 0 bridgehead atoms. The molecular weight excluding hydrogens is 456 g/mol. The highest BCUT2D eigenvalue weighted by molar-refractivity contribution is 7.27. The van der Waals surface area contributed by atoms with Crippen molar-refractivity contribution >= 4 is 43.5 Å². The lowest BCUT2D eigenvalue weighted by Crippen LogP contribution is -2.30. The molecule has 1 aromatic heterocycles. The summed E-state index contributed by atoms with van der Waals surface area (Å²) in [6.07, 6.45) is 4.47. The molecule has 0 radical (unpaired) electrons. The molecule has 0 saturated heterocycles. The number of nitrogens with two attached hydrogens (primary N) is 1. The Kier molecular flexibility index (Phi) is 8.95. The van der Waals surface area contributed by atoms with Crippen LogP contribution >= 0.6 is 20.8 Å². The van der Waals surface area contributed by atoms with E-state index in [1.54, 1.807) is 6.20 Å². The summed E-state index contributed by atoms with van der Waals surface area (Å²) in [4.78, 5) is 9.34. The van der Waals surface area contributed by atoms with E-state index in [2.05, 4.69) is 43.0 Å². The lowest BCUT2D eigenvalue weighted by Gasteiger charge is -2.26. The maximum Gasteiger partial charge on any atom is 0.148 e. The van der Waals surface area contributed by atoms with Crippen LogP contribution in [-0.2, 0) is 6.42 Å². The fraction of sp³-hybridized carbons (Fsp3) is 0.200. The third-order valence-corrected chi connectivity index (χ3v) is 5.70. The van der Waals surface area contributed by atoms with Gasteiger partial charge in [-0.25, -0.2) is 14.4 Å². The van der Waals surface area contributed by atoms with Crippen molar-refractivity contribution in [2.75, 3.05) is 18.2 Å². The van der Waals surface area contributed by atoms with E-state index in [1.807, 2.05) is 42.5 Å². The Morgan fingerprint density at radius 2 is 1.97 bits per heavy atom. The van der Waals surface area contributed by atoms with Crippen LogP contribution in [0.4, 0.5) is 10.2 Å². The molecule has 2 aromatic carbocycles. The Balaban J connectivity index is 0.00000149. The van der Waals surface area contributed by atoms with E-state index >= 15 is 0 Å². The molecule has 8 heteroatoms. The Labute approximate surface area is 201 Å². The van der Waals surface area contributed by atoms with Gasteiger partial charge in [-0.05, 0) is 60.1 Å². The third-order valence-electron chi connectivity index (χ3n) is 5.18. The highest BCUT2D eigenvalue weighted by Gasteiger charge is 2.23. The van der Waals surface area contributed by atoms with Gasteiger partial charge >= 0.3 is 0 Å². The predicted octanol–water partition coefficient (Wildman–Crippen LogP) is 4.60. The summed E-state index contributed by atoms with van der Waals surface area (Å²) in [5.74, 6) is 1.06. The number of aromatic nitrogens is 1. The second kappa shape index (κ2) is 11.9. The van der Waals surface area contributed by atoms with Gasteiger partial charge in [0, 0.05) is 23.8 Å². The van der Waals surface area contributed by atoms with Crippen LogP contribution in [0.15, 0.2) is 72.4 Å². The summed E-state index contributed by atoms with van der Waals surface area (Å²) in [5.41, 5.74) is 9.87. The van der Waals surface area contributed by atoms with Gasteiger partial charge in [0.2, 0.25) is 0 Å².